The first-order chi connectivity index (χ1) is 7.13. The van der Waals surface area contributed by atoms with Crippen LogP contribution in [0.1, 0.15) is 27.2 Å². The Morgan fingerprint density at radius 2 is 2.07 bits per heavy atom. The molecule has 0 radical (unpaired) electrons. The van der Waals surface area contributed by atoms with Crippen molar-refractivity contribution in [2.75, 3.05) is 13.2 Å². The number of amides is 1. The highest BCUT2D eigenvalue weighted by molar-refractivity contribution is 5.88. The van der Waals surface area contributed by atoms with Gasteiger partial charge in [-0.3, -0.25) is 4.79 Å². The van der Waals surface area contributed by atoms with E-state index in [1.807, 2.05) is 32.9 Å². The van der Waals surface area contributed by atoms with Crippen LogP contribution in [-0.2, 0) is 4.79 Å². The third-order valence-corrected chi connectivity index (χ3v) is 2.01. The molecule has 1 N–H and O–H groups in total. The summed E-state index contributed by atoms with van der Waals surface area (Å²) in [5.74, 6) is -0.00319. The molecule has 3 nitrogen and oxygen atoms in total. The highest BCUT2D eigenvalue weighted by Crippen LogP contribution is 2.01. The average Bonchev–Trinajstić information content (AvgIpc) is 2.18. The van der Waals surface area contributed by atoms with Gasteiger partial charge >= 0.3 is 0 Å². The molecule has 0 rings (SSSR count). The van der Waals surface area contributed by atoms with E-state index in [4.69, 9.17) is 5.11 Å². The van der Waals surface area contributed by atoms with Gasteiger partial charge < -0.3 is 10.0 Å². The zero-order chi connectivity index (χ0) is 11.7. The molecule has 0 aromatic carbocycles. The fourth-order valence-corrected chi connectivity index (χ4v) is 1.21. The average molecular weight is 211 g/mol. The van der Waals surface area contributed by atoms with Gasteiger partial charge in [-0.25, -0.2) is 0 Å². The second kappa shape index (κ2) is 8.24. The van der Waals surface area contributed by atoms with Gasteiger partial charge in [-0.05, 0) is 27.2 Å². The number of hydrogen-bond donors (Lipinski definition) is 1. The van der Waals surface area contributed by atoms with E-state index < -0.39 is 0 Å². The first kappa shape index (κ1) is 13.9. The SMILES string of the molecule is C/C=C/C=C/C(=O)N(CCCO)C(C)C. The highest BCUT2D eigenvalue weighted by atomic mass is 16.3. The summed E-state index contributed by atoms with van der Waals surface area (Å²) in [4.78, 5) is 13.4. The number of carbonyl (C=O) groups excluding carboxylic acids is 1. The molecule has 1 amide bonds. The van der Waals surface area contributed by atoms with Gasteiger partial charge in [-0.15, -0.1) is 0 Å². The van der Waals surface area contributed by atoms with Crippen LogP contribution in [0.3, 0.4) is 0 Å². The second-order valence-electron chi connectivity index (χ2n) is 3.59. The Morgan fingerprint density at radius 1 is 1.40 bits per heavy atom. The van der Waals surface area contributed by atoms with E-state index in [1.165, 1.54) is 0 Å². The zero-order valence-corrected chi connectivity index (χ0v) is 9.81. The Labute approximate surface area is 92.1 Å². The molecule has 0 spiro atoms. The van der Waals surface area contributed by atoms with E-state index in [2.05, 4.69) is 0 Å². The van der Waals surface area contributed by atoms with E-state index in [0.717, 1.165) is 0 Å². The maximum Gasteiger partial charge on any atom is 0.246 e. The largest absolute Gasteiger partial charge is 0.396 e. The number of hydrogen-bond acceptors (Lipinski definition) is 2. The first-order valence-electron chi connectivity index (χ1n) is 5.34. The van der Waals surface area contributed by atoms with E-state index >= 15 is 0 Å². The number of aliphatic hydroxyl groups is 1. The summed E-state index contributed by atoms with van der Waals surface area (Å²) >= 11 is 0. The normalized spacial score (nSPS) is 11.8. The Morgan fingerprint density at radius 3 is 2.53 bits per heavy atom. The summed E-state index contributed by atoms with van der Waals surface area (Å²) in [5, 5.41) is 8.73. The quantitative estimate of drug-likeness (QED) is 0.537. The number of aliphatic hydroxyl groups excluding tert-OH is 1. The van der Waals surface area contributed by atoms with Gasteiger partial charge in [-0.2, -0.15) is 0 Å². The third-order valence-electron chi connectivity index (χ3n) is 2.01. The molecule has 0 atom stereocenters. The zero-order valence-electron chi connectivity index (χ0n) is 9.81. The molecule has 0 saturated carbocycles. The van der Waals surface area contributed by atoms with E-state index in [0.29, 0.717) is 13.0 Å². The molecule has 3 heteroatoms. The minimum atomic E-state index is -0.00319. The third kappa shape index (κ3) is 6.07. The van der Waals surface area contributed by atoms with Crippen LogP contribution in [-0.4, -0.2) is 35.1 Å². The lowest BCUT2D eigenvalue weighted by atomic mass is 10.2. The van der Waals surface area contributed by atoms with Crippen LogP contribution < -0.4 is 0 Å². The molecule has 0 aliphatic heterocycles. The molecule has 0 bridgehead atoms. The van der Waals surface area contributed by atoms with Crippen molar-refractivity contribution in [2.45, 2.75) is 33.2 Å². The smallest absolute Gasteiger partial charge is 0.246 e. The Bertz CT molecular complexity index is 232. The van der Waals surface area contributed by atoms with Crippen molar-refractivity contribution in [1.82, 2.24) is 4.90 Å². The summed E-state index contributed by atoms with van der Waals surface area (Å²) in [7, 11) is 0. The topological polar surface area (TPSA) is 40.5 Å². The van der Waals surface area contributed by atoms with Crippen molar-refractivity contribution >= 4 is 5.91 Å². The Kier molecular flexibility index (Phi) is 7.64. The number of rotatable bonds is 6. The molecule has 86 valence electrons. The lowest BCUT2D eigenvalue weighted by Crippen LogP contribution is -2.36. The molecular formula is C12H21NO2. The molecule has 0 saturated heterocycles. The summed E-state index contributed by atoms with van der Waals surface area (Å²) < 4.78 is 0. The fraction of sp³-hybridized carbons (Fsp3) is 0.583. The van der Waals surface area contributed by atoms with Gasteiger partial charge in [0.2, 0.25) is 5.91 Å². The Balaban J connectivity index is 4.28. The summed E-state index contributed by atoms with van der Waals surface area (Å²) in [6, 6.07) is 0.166. The van der Waals surface area contributed by atoms with Crippen LogP contribution in [0.5, 0.6) is 0 Å². The van der Waals surface area contributed by atoms with Crippen molar-refractivity contribution < 1.29 is 9.90 Å². The maximum absolute atomic E-state index is 11.7. The van der Waals surface area contributed by atoms with Gasteiger partial charge in [0, 0.05) is 25.3 Å². The van der Waals surface area contributed by atoms with Crippen molar-refractivity contribution in [2.24, 2.45) is 0 Å². The molecule has 0 aliphatic rings. The van der Waals surface area contributed by atoms with Crippen LogP contribution in [0.2, 0.25) is 0 Å². The van der Waals surface area contributed by atoms with Crippen molar-refractivity contribution in [3.63, 3.8) is 0 Å². The first-order valence-corrected chi connectivity index (χ1v) is 5.34. The number of carbonyl (C=O) groups is 1. The van der Waals surface area contributed by atoms with Crippen LogP contribution in [0, 0.1) is 0 Å². The Hall–Kier alpha value is -1.09. The minimum absolute atomic E-state index is 0.00319. The van der Waals surface area contributed by atoms with E-state index in [1.54, 1.807) is 17.1 Å². The lowest BCUT2D eigenvalue weighted by molar-refractivity contribution is -0.127. The summed E-state index contributed by atoms with van der Waals surface area (Å²) in [6.07, 6.45) is 7.61. The molecule has 0 fully saturated rings. The second-order valence-corrected chi connectivity index (χ2v) is 3.59. The molecule has 15 heavy (non-hydrogen) atoms. The van der Waals surface area contributed by atoms with Crippen molar-refractivity contribution in [3.8, 4) is 0 Å². The van der Waals surface area contributed by atoms with Crippen LogP contribution in [0.4, 0.5) is 0 Å². The number of allylic oxidation sites excluding steroid dienone is 3. The van der Waals surface area contributed by atoms with Gasteiger partial charge in [-0.1, -0.05) is 18.2 Å². The van der Waals surface area contributed by atoms with E-state index in [-0.39, 0.29) is 18.6 Å². The lowest BCUT2D eigenvalue weighted by Gasteiger charge is -2.25. The molecule has 0 aliphatic carbocycles. The molecule has 0 aromatic heterocycles. The minimum Gasteiger partial charge on any atom is -0.396 e. The fourth-order valence-electron chi connectivity index (χ4n) is 1.21. The van der Waals surface area contributed by atoms with Crippen LogP contribution in [0.15, 0.2) is 24.3 Å². The summed E-state index contributed by atoms with van der Waals surface area (Å²) in [6.45, 7) is 6.57. The molecular weight excluding hydrogens is 190 g/mol. The monoisotopic (exact) mass is 211 g/mol. The maximum atomic E-state index is 11.7. The predicted octanol–water partition coefficient (Wildman–Crippen LogP) is 1.74. The van der Waals surface area contributed by atoms with Crippen molar-refractivity contribution in [1.29, 1.82) is 0 Å². The standard InChI is InChI=1S/C12H21NO2/c1-4-5-6-8-12(15)13(11(2)3)9-7-10-14/h4-6,8,11,14H,7,9-10H2,1-3H3/b5-4+,8-6+. The van der Waals surface area contributed by atoms with Gasteiger partial charge in [0.25, 0.3) is 0 Å². The van der Waals surface area contributed by atoms with E-state index in [9.17, 15) is 4.79 Å². The van der Waals surface area contributed by atoms with Crippen LogP contribution >= 0.6 is 0 Å². The van der Waals surface area contributed by atoms with Crippen molar-refractivity contribution in [3.05, 3.63) is 24.3 Å². The number of nitrogens with zero attached hydrogens (tertiary/aromatic N) is 1. The van der Waals surface area contributed by atoms with Gasteiger partial charge in [0.15, 0.2) is 0 Å². The molecule has 0 unspecified atom stereocenters. The molecule has 0 aromatic rings. The van der Waals surface area contributed by atoms with Gasteiger partial charge in [0.1, 0.15) is 0 Å². The van der Waals surface area contributed by atoms with Crippen LogP contribution in [0.25, 0.3) is 0 Å². The predicted molar refractivity (Wildman–Crippen MR) is 62.5 cm³/mol. The molecule has 0 heterocycles. The van der Waals surface area contributed by atoms with Gasteiger partial charge in [0.05, 0.1) is 0 Å². The highest BCUT2D eigenvalue weighted by Gasteiger charge is 2.12. The summed E-state index contributed by atoms with van der Waals surface area (Å²) in [5.41, 5.74) is 0.